The molecule has 0 bridgehead atoms. The van der Waals surface area contributed by atoms with Crippen LogP contribution in [0.5, 0.6) is 0 Å². The predicted octanol–water partition coefficient (Wildman–Crippen LogP) is 3.63. The van der Waals surface area contributed by atoms with Crippen molar-refractivity contribution in [2.45, 2.75) is 46.1 Å². The van der Waals surface area contributed by atoms with Crippen LogP contribution in [0.4, 0.5) is 5.69 Å². The Labute approximate surface area is 98.5 Å². The van der Waals surface area contributed by atoms with Gasteiger partial charge in [-0.15, -0.1) is 0 Å². The van der Waals surface area contributed by atoms with E-state index in [0.717, 1.165) is 11.8 Å². The minimum atomic E-state index is 0.617. The Morgan fingerprint density at radius 1 is 1.31 bits per heavy atom. The molecule has 1 saturated carbocycles. The maximum absolute atomic E-state index is 4.19. The van der Waals surface area contributed by atoms with Gasteiger partial charge in [-0.25, -0.2) is 0 Å². The molecule has 1 aromatic heterocycles. The van der Waals surface area contributed by atoms with Gasteiger partial charge < -0.3 is 5.32 Å². The van der Waals surface area contributed by atoms with Gasteiger partial charge in [0.25, 0.3) is 0 Å². The van der Waals surface area contributed by atoms with Crippen molar-refractivity contribution in [1.29, 1.82) is 0 Å². The van der Waals surface area contributed by atoms with E-state index in [-0.39, 0.29) is 0 Å². The van der Waals surface area contributed by atoms with Crippen LogP contribution in [0.2, 0.25) is 0 Å². The third-order valence-electron chi connectivity index (χ3n) is 4.09. The zero-order valence-corrected chi connectivity index (χ0v) is 10.5. The summed E-state index contributed by atoms with van der Waals surface area (Å²) in [6.45, 7) is 6.88. The maximum Gasteiger partial charge on any atom is 0.0558 e. The van der Waals surface area contributed by atoms with Gasteiger partial charge in [0.2, 0.25) is 0 Å². The van der Waals surface area contributed by atoms with E-state index in [1.807, 2.05) is 12.4 Å². The first-order chi connectivity index (χ1) is 7.68. The minimum Gasteiger partial charge on any atom is -0.381 e. The highest BCUT2D eigenvalue weighted by atomic mass is 14.9. The third-order valence-corrected chi connectivity index (χ3v) is 4.09. The molecule has 88 valence electrons. The van der Waals surface area contributed by atoms with Crippen molar-refractivity contribution in [2.24, 2.45) is 11.8 Å². The Morgan fingerprint density at radius 2 is 2.12 bits per heavy atom. The summed E-state index contributed by atoms with van der Waals surface area (Å²) in [7, 11) is 0. The Morgan fingerprint density at radius 3 is 2.88 bits per heavy atom. The fourth-order valence-corrected chi connectivity index (χ4v) is 2.60. The van der Waals surface area contributed by atoms with Gasteiger partial charge in [-0.1, -0.05) is 26.7 Å². The van der Waals surface area contributed by atoms with Crippen molar-refractivity contribution in [1.82, 2.24) is 4.98 Å². The minimum absolute atomic E-state index is 0.617. The quantitative estimate of drug-likeness (QED) is 0.820. The fraction of sp³-hybridized carbons (Fsp3) is 0.643. The molecule has 0 spiro atoms. The van der Waals surface area contributed by atoms with Gasteiger partial charge in [-0.2, -0.15) is 0 Å². The molecule has 1 heterocycles. The molecular weight excluding hydrogens is 196 g/mol. The zero-order chi connectivity index (χ0) is 11.5. The summed E-state index contributed by atoms with van der Waals surface area (Å²) in [5.74, 6) is 1.59. The third kappa shape index (κ3) is 2.37. The Bertz CT molecular complexity index is 348. The lowest BCUT2D eigenvalue weighted by atomic mass is 9.78. The molecule has 1 fully saturated rings. The number of aryl methyl sites for hydroxylation is 1. The molecule has 0 radical (unpaired) electrons. The number of rotatable bonds is 2. The average molecular weight is 218 g/mol. The Kier molecular flexibility index (Phi) is 3.47. The summed E-state index contributed by atoms with van der Waals surface area (Å²) in [4.78, 5) is 4.19. The smallest absolute Gasteiger partial charge is 0.0558 e. The van der Waals surface area contributed by atoms with E-state index in [2.05, 4.69) is 37.1 Å². The van der Waals surface area contributed by atoms with E-state index in [1.165, 1.54) is 30.5 Å². The second-order valence-electron chi connectivity index (χ2n) is 5.21. The van der Waals surface area contributed by atoms with Gasteiger partial charge in [0, 0.05) is 12.2 Å². The monoisotopic (exact) mass is 218 g/mol. The van der Waals surface area contributed by atoms with Crippen LogP contribution in [0.15, 0.2) is 18.5 Å². The first-order valence-electron chi connectivity index (χ1n) is 6.35. The van der Waals surface area contributed by atoms with Crippen molar-refractivity contribution in [3.05, 3.63) is 24.0 Å². The van der Waals surface area contributed by atoms with Crippen LogP contribution in [0.1, 0.15) is 38.7 Å². The lowest BCUT2D eigenvalue weighted by molar-refractivity contribution is 0.253. The molecule has 2 heteroatoms. The standard InChI is InChI=1S/C14H22N2/c1-10-5-4-6-13(12(10)3)16-14-9-15-8-7-11(14)2/h7-10,12-13,16H,4-6H2,1-3H3. The molecule has 0 aliphatic heterocycles. The van der Waals surface area contributed by atoms with Gasteiger partial charge in [-0.3, -0.25) is 4.98 Å². The topological polar surface area (TPSA) is 24.9 Å². The van der Waals surface area contributed by atoms with E-state index in [4.69, 9.17) is 0 Å². The number of nitrogens with one attached hydrogen (secondary N) is 1. The van der Waals surface area contributed by atoms with Gasteiger partial charge >= 0.3 is 0 Å². The number of nitrogens with zero attached hydrogens (tertiary/aromatic N) is 1. The van der Waals surface area contributed by atoms with Crippen LogP contribution in [-0.2, 0) is 0 Å². The fourth-order valence-electron chi connectivity index (χ4n) is 2.60. The highest BCUT2D eigenvalue weighted by molar-refractivity contribution is 5.48. The average Bonchev–Trinajstić information content (AvgIpc) is 2.28. The summed E-state index contributed by atoms with van der Waals surface area (Å²) in [6, 6.07) is 2.69. The van der Waals surface area contributed by atoms with Gasteiger partial charge in [0.1, 0.15) is 0 Å². The van der Waals surface area contributed by atoms with Crippen LogP contribution in [-0.4, -0.2) is 11.0 Å². The molecule has 1 N–H and O–H groups in total. The van der Waals surface area contributed by atoms with E-state index < -0.39 is 0 Å². The van der Waals surface area contributed by atoms with E-state index in [0.29, 0.717) is 6.04 Å². The largest absolute Gasteiger partial charge is 0.381 e. The second-order valence-corrected chi connectivity index (χ2v) is 5.21. The first-order valence-corrected chi connectivity index (χ1v) is 6.35. The Hall–Kier alpha value is -1.05. The number of hydrogen-bond donors (Lipinski definition) is 1. The van der Waals surface area contributed by atoms with Crippen LogP contribution in [0.25, 0.3) is 0 Å². The molecule has 0 aromatic carbocycles. The van der Waals surface area contributed by atoms with Crippen molar-refractivity contribution in [2.75, 3.05) is 5.32 Å². The van der Waals surface area contributed by atoms with Gasteiger partial charge in [0.15, 0.2) is 0 Å². The SMILES string of the molecule is Cc1ccncc1NC1CCCC(C)C1C. The van der Waals surface area contributed by atoms with Gasteiger partial charge in [0.05, 0.1) is 11.9 Å². The predicted molar refractivity (Wildman–Crippen MR) is 68.6 cm³/mol. The summed E-state index contributed by atoms with van der Waals surface area (Å²) in [5.41, 5.74) is 2.49. The zero-order valence-electron chi connectivity index (χ0n) is 10.5. The second kappa shape index (κ2) is 4.86. The molecule has 16 heavy (non-hydrogen) atoms. The van der Waals surface area contributed by atoms with Gasteiger partial charge in [-0.05, 0) is 36.8 Å². The molecule has 2 rings (SSSR count). The summed E-state index contributed by atoms with van der Waals surface area (Å²) < 4.78 is 0. The molecular formula is C14H22N2. The normalized spacial score (nSPS) is 30.1. The van der Waals surface area contributed by atoms with Crippen molar-refractivity contribution < 1.29 is 0 Å². The number of pyridine rings is 1. The molecule has 1 aromatic rings. The summed E-state index contributed by atoms with van der Waals surface area (Å²) in [5, 5.41) is 3.67. The highest BCUT2D eigenvalue weighted by Crippen LogP contribution is 2.31. The lowest BCUT2D eigenvalue weighted by Gasteiger charge is -2.35. The van der Waals surface area contributed by atoms with Crippen LogP contribution < -0.4 is 5.32 Å². The van der Waals surface area contributed by atoms with Crippen molar-refractivity contribution in [3.8, 4) is 0 Å². The first kappa shape index (κ1) is 11.4. The molecule has 3 atom stereocenters. The van der Waals surface area contributed by atoms with Crippen molar-refractivity contribution >= 4 is 5.69 Å². The van der Waals surface area contributed by atoms with Crippen LogP contribution in [0, 0.1) is 18.8 Å². The highest BCUT2D eigenvalue weighted by Gasteiger charge is 2.26. The van der Waals surface area contributed by atoms with Crippen molar-refractivity contribution in [3.63, 3.8) is 0 Å². The van der Waals surface area contributed by atoms with E-state index in [1.54, 1.807) is 0 Å². The molecule has 1 aliphatic rings. The van der Waals surface area contributed by atoms with E-state index >= 15 is 0 Å². The van der Waals surface area contributed by atoms with E-state index in [9.17, 15) is 0 Å². The number of anilines is 1. The number of aromatic nitrogens is 1. The Balaban J connectivity index is 2.06. The molecule has 3 unspecified atom stereocenters. The lowest BCUT2D eigenvalue weighted by Crippen LogP contribution is -2.35. The van der Waals surface area contributed by atoms with Crippen LogP contribution in [0.3, 0.4) is 0 Å². The molecule has 0 saturated heterocycles. The summed E-state index contributed by atoms with van der Waals surface area (Å²) in [6.07, 6.45) is 7.82. The summed E-state index contributed by atoms with van der Waals surface area (Å²) >= 11 is 0. The maximum atomic E-state index is 4.19. The molecule has 1 aliphatic carbocycles. The number of hydrogen-bond acceptors (Lipinski definition) is 2. The van der Waals surface area contributed by atoms with Crippen LogP contribution >= 0.6 is 0 Å². The molecule has 0 amide bonds. The molecule has 2 nitrogen and oxygen atoms in total.